The summed E-state index contributed by atoms with van der Waals surface area (Å²) in [4.78, 5) is 10.9. The van der Waals surface area contributed by atoms with Gasteiger partial charge in [-0.2, -0.15) is 13.2 Å². The van der Waals surface area contributed by atoms with Crippen molar-refractivity contribution in [3.05, 3.63) is 40.4 Å². The van der Waals surface area contributed by atoms with Crippen LogP contribution < -0.4 is 0 Å². The summed E-state index contributed by atoms with van der Waals surface area (Å²) >= 11 is 10.9. The molecule has 9 heteroatoms. The fourth-order valence-corrected chi connectivity index (χ4v) is 1.91. The molecule has 20 heavy (non-hydrogen) atoms. The van der Waals surface area contributed by atoms with Gasteiger partial charge in [0.25, 0.3) is 5.24 Å². The zero-order chi connectivity index (χ0) is 15.1. The van der Waals surface area contributed by atoms with Crippen LogP contribution in [0.25, 0.3) is 11.3 Å². The van der Waals surface area contributed by atoms with Crippen LogP contribution in [-0.4, -0.2) is 10.4 Å². The van der Waals surface area contributed by atoms with E-state index in [-0.39, 0.29) is 16.3 Å². The molecule has 0 atom stereocenters. The van der Waals surface area contributed by atoms with Crippen LogP contribution in [0.15, 0.2) is 22.7 Å². The van der Waals surface area contributed by atoms with E-state index in [4.69, 9.17) is 23.2 Å². The van der Waals surface area contributed by atoms with Crippen molar-refractivity contribution in [1.29, 1.82) is 0 Å². The smallest absolute Gasteiger partial charge is 0.349 e. The van der Waals surface area contributed by atoms with Gasteiger partial charge in [-0.25, -0.2) is 4.39 Å². The number of benzene rings is 1. The average Bonchev–Trinajstić information content (AvgIpc) is 2.69. The van der Waals surface area contributed by atoms with Gasteiger partial charge in [-0.3, -0.25) is 4.79 Å². The summed E-state index contributed by atoms with van der Waals surface area (Å²) in [6, 6.07) is 2.09. The molecule has 0 amide bonds. The largest absolute Gasteiger partial charge is 0.419 e. The molecule has 0 bridgehead atoms. The topological polar surface area (TPSA) is 43.1 Å². The molecule has 0 saturated carbocycles. The lowest BCUT2D eigenvalue weighted by molar-refractivity contribution is -0.139. The number of aromatic nitrogens is 1. The Labute approximate surface area is 119 Å². The van der Waals surface area contributed by atoms with E-state index >= 15 is 0 Å². The second-order valence-corrected chi connectivity index (χ2v) is 4.36. The zero-order valence-corrected chi connectivity index (χ0v) is 10.8. The van der Waals surface area contributed by atoms with Crippen molar-refractivity contribution >= 4 is 28.4 Å². The van der Waals surface area contributed by atoms with Crippen molar-refractivity contribution in [2.45, 2.75) is 6.18 Å². The fourth-order valence-electron chi connectivity index (χ4n) is 1.47. The van der Waals surface area contributed by atoms with E-state index in [2.05, 4.69) is 9.68 Å². The first kappa shape index (κ1) is 14.8. The number of hydrogen-bond acceptors (Lipinski definition) is 3. The summed E-state index contributed by atoms with van der Waals surface area (Å²) in [5, 5.41) is 2.05. The molecule has 0 fully saturated rings. The van der Waals surface area contributed by atoms with Crippen molar-refractivity contribution in [2.75, 3.05) is 0 Å². The summed E-state index contributed by atoms with van der Waals surface area (Å²) in [5.41, 5.74) is -1.67. The van der Waals surface area contributed by atoms with Crippen molar-refractivity contribution < 1.29 is 26.9 Å². The molecule has 2 rings (SSSR count). The third-order valence-electron chi connectivity index (χ3n) is 2.36. The Morgan fingerprint density at radius 3 is 2.40 bits per heavy atom. The Bertz CT molecular complexity index is 682. The summed E-state index contributed by atoms with van der Waals surface area (Å²) in [6.07, 6.45) is -4.81. The molecular formula is C11H3Cl2F4NO2. The van der Waals surface area contributed by atoms with Gasteiger partial charge in [0.05, 0.1) is 5.56 Å². The Balaban J connectivity index is 2.50. The zero-order valence-electron chi connectivity index (χ0n) is 9.26. The number of rotatable bonds is 2. The molecule has 0 radical (unpaired) electrons. The van der Waals surface area contributed by atoms with Gasteiger partial charge in [0.1, 0.15) is 16.5 Å². The highest BCUT2D eigenvalue weighted by atomic mass is 35.5. The van der Waals surface area contributed by atoms with Gasteiger partial charge in [-0.05, 0) is 23.7 Å². The van der Waals surface area contributed by atoms with Crippen LogP contribution in [0.2, 0.25) is 5.02 Å². The summed E-state index contributed by atoms with van der Waals surface area (Å²) in [7, 11) is 0. The molecule has 0 aliphatic carbocycles. The van der Waals surface area contributed by atoms with Gasteiger partial charge in [-0.1, -0.05) is 22.8 Å². The van der Waals surface area contributed by atoms with Crippen LogP contribution in [0.5, 0.6) is 0 Å². The Hall–Kier alpha value is -1.60. The third kappa shape index (κ3) is 2.64. The Morgan fingerprint density at radius 1 is 1.30 bits per heavy atom. The van der Waals surface area contributed by atoms with Crippen LogP contribution in [0.1, 0.15) is 16.1 Å². The third-order valence-corrected chi connectivity index (χ3v) is 2.88. The monoisotopic (exact) mass is 327 g/mol. The summed E-state index contributed by atoms with van der Waals surface area (Å²) < 4.78 is 55.2. The van der Waals surface area contributed by atoms with Crippen molar-refractivity contribution in [2.24, 2.45) is 0 Å². The molecule has 1 heterocycles. The van der Waals surface area contributed by atoms with Gasteiger partial charge in [0, 0.05) is 5.56 Å². The summed E-state index contributed by atoms with van der Waals surface area (Å²) in [5.74, 6) is -1.96. The molecule has 0 saturated heterocycles. The maximum Gasteiger partial charge on any atom is 0.419 e. The highest BCUT2D eigenvalue weighted by Crippen LogP contribution is 2.35. The van der Waals surface area contributed by atoms with E-state index < -0.39 is 28.6 Å². The maximum absolute atomic E-state index is 13.4. The first-order valence-corrected chi connectivity index (χ1v) is 5.69. The lowest BCUT2D eigenvalue weighted by Gasteiger charge is -2.08. The van der Waals surface area contributed by atoms with Gasteiger partial charge >= 0.3 is 6.18 Å². The minimum Gasteiger partial charge on any atom is -0.349 e. The van der Waals surface area contributed by atoms with Crippen LogP contribution >= 0.6 is 23.2 Å². The van der Waals surface area contributed by atoms with Crippen molar-refractivity contribution in [1.82, 2.24) is 5.16 Å². The highest BCUT2D eigenvalue weighted by molar-refractivity contribution is 6.68. The van der Waals surface area contributed by atoms with Gasteiger partial charge in [0.15, 0.2) is 0 Å². The van der Waals surface area contributed by atoms with Crippen molar-refractivity contribution in [3.8, 4) is 11.3 Å². The fraction of sp³-hybridized carbons (Fsp3) is 0.0909. The van der Waals surface area contributed by atoms with E-state index in [0.717, 1.165) is 6.07 Å². The van der Waals surface area contributed by atoms with E-state index in [9.17, 15) is 22.4 Å². The molecular weight excluding hydrogens is 325 g/mol. The van der Waals surface area contributed by atoms with Crippen LogP contribution in [0.3, 0.4) is 0 Å². The highest BCUT2D eigenvalue weighted by Gasteiger charge is 2.34. The molecule has 0 unspecified atom stereocenters. The van der Waals surface area contributed by atoms with E-state index in [1.165, 1.54) is 0 Å². The minimum atomic E-state index is -4.81. The maximum atomic E-state index is 13.4. The summed E-state index contributed by atoms with van der Waals surface area (Å²) in [6.45, 7) is 0. The SMILES string of the molecule is O=C(Cl)c1onc(-c2ccc(C(F)(F)F)c(F)c2)c1Cl. The predicted octanol–water partition coefficient (Wildman–Crippen LogP) is 4.53. The van der Waals surface area contributed by atoms with E-state index in [1.807, 2.05) is 0 Å². The second-order valence-electron chi connectivity index (χ2n) is 3.64. The average molecular weight is 328 g/mol. The lowest BCUT2D eigenvalue weighted by Crippen LogP contribution is -2.07. The Kier molecular flexibility index (Phi) is 3.75. The molecule has 0 aliphatic rings. The van der Waals surface area contributed by atoms with Gasteiger partial charge in [0.2, 0.25) is 5.76 Å². The molecule has 2 aromatic rings. The molecule has 3 nitrogen and oxygen atoms in total. The Morgan fingerprint density at radius 2 is 1.95 bits per heavy atom. The predicted molar refractivity (Wildman–Crippen MR) is 62.1 cm³/mol. The molecule has 106 valence electrons. The molecule has 0 spiro atoms. The molecule has 1 aromatic carbocycles. The van der Waals surface area contributed by atoms with Gasteiger partial charge < -0.3 is 4.52 Å². The lowest BCUT2D eigenvalue weighted by atomic mass is 10.1. The number of carbonyl (C=O) groups excluding carboxylic acids is 1. The molecule has 0 aliphatic heterocycles. The van der Waals surface area contributed by atoms with Crippen LogP contribution in [-0.2, 0) is 6.18 Å². The van der Waals surface area contributed by atoms with Crippen LogP contribution in [0, 0.1) is 5.82 Å². The van der Waals surface area contributed by atoms with Crippen molar-refractivity contribution in [3.63, 3.8) is 0 Å². The first-order valence-electron chi connectivity index (χ1n) is 4.94. The number of carbonyl (C=O) groups is 1. The second kappa shape index (κ2) is 5.06. The number of nitrogens with zero attached hydrogens (tertiary/aromatic N) is 1. The standard InChI is InChI=1S/C11H3Cl2F4NO2/c12-7-8(18-20-9(7)10(13)19)4-1-2-5(6(14)3-4)11(15,16)17/h1-3H. The first-order chi connectivity index (χ1) is 9.21. The molecule has 0 N–H and O–H groups in total. The van der Waals surface area contributed by atoms with Crippen LogP contribution in [0.4, 0.5) is 17.6 Å². The minimum absolute atomic E-state index is 0.0755. The normalized spacial score (nSPS) is 11.7. The molecule has 1 aromatic heterocycles. The number of hydrogen-bond donors (Lipinski definition) is 0. The van der Waals surface area contributed by atoms with E-state index in [1.54, 1.807) is 0 Å². The number of alkyl halides is 3. The quantitative estimate of drug-likeness (QED) is 0.601. The number of halogens is 6. The van der Waals surface area contributed by atoms with E-state index in [0.29, 0.717) is 12.1 Å². The van der Waals surface area contributed by atoms with Gasteiger partial charge in [-0.15, -0.1) is 0 Å².